The topological polar surface area (TPSA) is 72.6 Å². The van der Waals surface area contributed by atoms with Crippen molar-refractivity contribution < 1.29 is 14.8 Å². The largest absolute Gasteiger partial charge is 0.508 e. The van der Waals surface area contributed by atoms with Crippen molar-refractivity contribution in [2.45, 2.75) is 25.7 Å². The first-order valence-corrected chi connectivity index (χ1v) is 10.8. The van der Waals surface area contributed by atoms with Crippen LogP contribution in [0.25, 0.3) is 0 Å². The lowest BCUT2D eigenvalue weighted by molar-refractivity contribution is -0.384. The molecule has 0 aliphatic heterocycles. The first-order chi connectivity index (χ1) is 16.0. The molecule has 4 aromatic rings. The predicted molar refractivity (Wildman–Crippen MR) is 129 cm³/mol. The smallest absolute Gasteiger partial charge is 0.269 e. The Hall–Kier alpha value is -4.12. The van der Waals surface area contributed by atoms with Gasteiger partial charge in [-0.15, -0.1) is 0 Å². The molecular formula is C28H25NO4. The summed E-state index contributed by atoms with van der Waals surface area (Å²) in [5.74, 6) is 1.79. The Labute approximate surface area is 193 Å². The lowest BCUT2D eigenvalue weighted by Crippen LogP contribution is -2.03. The fourth-order valence-corrected chi connectivity index (χ4v) is 3.88. The molecule has 0 saturated carbocycles. The van der Waals surface area contributed by atoms with Crippen LogP contribution >= 0.6 is 0 Å². The predicted octanol–water partition coefficient (Wildman–Crippen LogP) is 7.03. The maximum Gasteiger partial charge on any atom is 0.269 e. The van der Waals surface area contributed by atoms with Crippen molar-refractivity contribution in [2.75, 3.05) is 0 Å². The Morgan fingerprint density at radius 1 is 0.848 bits per heavy atom. The highest BCUT2D eigenvalue weighted by Gasteiger charge is 2.12. The average molecular weight is 440 g/mol. The molecule has 0 amide bonds. The second-order valence-corrected chi connectivity index (χ2v) is 8.14. The summed E-state index contributed by atoms with van der Waals surface area (Å²) in [6.07, 6.45) is 1.63. The molecule has 166 valence electrons. The van der Waals surface area contributed by atoms with E-state index in [9.17, 15) is 15.2 Å². The number of nitro benzene ring substituents is 1. The van der Waals surface area contributed by atoms with Gasteiger partial charge in [0, 0.05) is 12.1 Å². The quantitative estimate of drug-likeness (QED) is 0.236. The molecule has 0 aromatic heterocycles. The van der Waals surface area contributed by atoms with Crippen molar-refractivity contribution in [1.29, 1.82) is 0 Å². The molecule has 0 spiro atoms. The van der Waals surface area contributed by atoms with E-state index in [0.29, 0.717) is 11.5 Å². The van der Waals surface area contributed by atoms with Gasteiger partial charge in [0.25, 0.3) is 5.69 Å². The minimum absolute atomic E-state index is 0.0346. The molecule has 1 N–H and O–H groups in total. The Morgan fingerprint density at radius 2 is 1.48 bits per heavy atom. The van der Waals surface area contributed by atoms with Gasteiger partial charge < -0.3 is 9.84 Å². The lowest BCUT2D eigenvalue weighted by Gasteiger charge is -2.16. The van der Waals surface area contributed by atoms with E-state index in [1.807, 2.05) is 54.6 Å². The Morgan fingerprint density at radius 3 is 2.12 bits per heavy atom. The molecule has 0 bridgehead atoms. The van der Waals surface area contributed by atoms with Gasteiger partial charge in [0.2, 0.25) is 0 Å². The van der Waals surface area contributed by atoms with E-state index in [2.05, 4.69) is 19.1 Å². The zero-order valence-electron chi connectivity index (χ0n) is 18.3. The lowest BCUT2D eigenvalue weighted by atomic mass is 9.89. The van der Waals surface area contributed by atoms with Crippen molar-refractivity contribution >= 4 is 5.69 Å². The number of phenols is 1. The van der Waals surface area contributed by atoms with Crippen molar-refractivity contribution in [3.05, 3.63) is 129 Å². The summed E-state index contributed by atoms with van der Waals surface area (Å²) in [4.78, 5) is 10.4. The van der Waals surface area contributed by atoms with E-state index < -0.39 is 4.92 Å². The van der Waals surface area contributed by atoms with Gasteiger partial charge in [-0.2, -0.15) is 0 Å². The molecule has 4 aromatic carbocycles. The highest BCUT2D eigenvalue weighted by Crippen LogP contribution is 2.29. The molecule has 0 radical (unpaired) electrons. The summed E-state index contributed by atoms with van der Waals surface area (Å²) in [6, 6.07) is 29.8. The third kappa shape index (κ3) is 5.77. The third-order valence-corrected chi connectivity index (χ3v) is 5.69. The monoisotopic (exact) mass is 439 g/mol. The Balaban J connectivity index is 1.44. The second kappa shape index (κ2) is 10.0. The van der Waals surface area contributed by atoms with Gasteiger partial charge in [-0.05, 0) is 77.4 Å². The normalized spacial score (nSPS) is 11.7. The second-order valence-electron chi connectivity index (χ2n) is 8.14. The maximum absolute atomic E-state index is 10.8. The molecule has 1 atom stereocenters. The number of aromatic hydroxyl groups is 1. The summed E-state index contributed by atoms with van der Waals surface area (Å²) in [6.45, 7) is 2.19. The molecule has 0 aliphatic rings. The molecule has 0 heterocycles. The van der Waals surface area contributed by atoms with Crippen LogP contribution in [0.4, 0.5) is 5.69 Å². The minimum atomic E-state index is -0.431. The number of hydrogen-bond acceptors (Lipinski definition) is 4. The number of nitro groups is 1. The van der Waals surface area contributed by atoms with Crippen molar-refractivity contribution in [1.82, 2.24) is 0 Å². The van der Waals surface area contributed by atoms with Crippen LogP contribution in [0.15, 0.2) is 97.1 Å². The number of phenolic OH excluding ortho intramolecular Hbond substituents is 1. The van der Waals surface area contributed by atoms with Crippen molar-refractivity contribution in [3.8, 4) is 17.2 Å². The van der Waals surface area contributed by atoms with E-state index in [-0.39, 0.29) is 17.4 Å². The van der Waals surface area contributed by atoms with E-state index in [4.69, 9.17) is 4.74 Å². The van der Waals surface area contributed by atoms with Gasteiger partial charge in [-0.25, -0.2) is 0 Å². The highest BCUT2D eigenvalue weighted by molar-refractivity contribution is 5.41. The molecule has 4 rings (SSSR count). The molecule has 0 fully saturated rings. The van der Waals surface area contributed by atoms with Crippen LogP contribution in [-0.2, 0) is 12.8 Å². The van der Waals surface area contributed by atoms with E-state index in [1.165, 1.54) is 28.8 Å². The van der Waals surface area contributed by atoms with Crippen LogP contribution in [-0.4, -0.2) is 10.0 Å². The SMILES string of the molecule is CC(Cc1ccc(O)cc1Cc1ccccc1)c1ccc(Oc2ccc([N+](=O)[O-])cc2)cc1. The number of benzene rings is 4. The number of hydrogen-bond donors (Lipinski definition) is 1. The van der Waals surface area contributed by atoms with E-state index in [0.717, 1.165) is 18.4 Å². The molecular weight excluding hydrogens is 414 g/mol. The Bertz CT molecular complexity index is 1220. The first kappa shape index (κ1) is 22.1. The van der Waals surface area contributed by atoms with Crippen molar-refractivity contribution in [2.24, 2.45) is 0 Å². The number of ether oxygens (including phenoxy) is 1. The van der Waals surface area contributed by atoms with Crippen LogP contribution in [0.5, 0.6) is 17.2 Å². The van der Waals surface area contributed by atoms with Gasteiger partial charge in [-0.3, -0.25) is 10.1 Å². The number of non-ortho nitro benzene ring substituents is 1. The molecule has 5 nitrogen and oxygen atoms in total. The fraction of sp³-hybridized carbons (Fsp3) is 0.143. The van der Waals surface area contributed by atoms with Crippen LogP contribution in [0.3, 0.4) is 0 Å². The van der Waals surface area contributed by atoms with Crippen LogP contribution in [0, 0.1) is 10.1 Å². The summed E-state index contributed by atoms with van der Waals surface area (Å²) in [5.41, 5.74) is 4.78. The molecule has 0 aliphatic carbocycles. The van der Waals surface area contributed by atoms with Crippen LogP contribution in [0.2, 0.25) is 0 Å². The van der Waals surface area contributed by atoms with Gasteiger partial charge in [0.15, 0.2) is 0 Å². The summed E-state index contributed by atoms with van der Waals surface area (Å²) < 4.78 is 5.81. The first-order valence-electron chi connectivity index (χ1n) is 10.8. The summed E-state index contributed by atoms with van der Waals surface area (Å²) in [7, 11) is 0. The van der Waals surface area contributed by atoms with Crippen LogP contribution in [0.1, 0.15) is 35.1 Å². The zero-order chi connectivity index (χ0) is 23.2. The van der Waals surface area contributed by atoms with E-state index in [1.54, 1.807) is 18.2 Å². The number of nitrogens with zero attached hydrogens (tertiary/aromatic N) is 1. The number of rotatable bonds is 8. The standard InChI is InChI=1S/C28H25NO4/c1-20(17-23-7-12-26(30)19-24(23)18-21-5-3-2-4-6-21)22-8-13-27(14-9-22)33-28-15-10-25(11-16-28)29(31)32/h2-16,19-20,30H,17-18H2,1H3. The highest BCUT2D eigenvalue weighted by atomic mass is 16.6. The minimum Gasteiger partial charge on any atom is -0.508 e. The third-order valence-electron chi connectivity index (χ3n) is 5.69. The van der Waals surface area contributed by atoms with Gasteiger partial charge in [0.05, 0.1) is 4.92 Å². The summed E-state index contributed by atoms with van der Waals surface area (Å²) in [5, 5.41) is 20.8. The molecule has 33 heavy (non-hydrogen) atoms. The fourth-order valence-electron chi connectivity index (χ4n) is 3.88. The van der Waals surface area contributed by atoms with Crippen molar-refractivity contribution in [3.63, 3.8) is 0 Å². The summed E-state index contributed by atoms with van der Waals surface area (Å²) >= 11 is 0. The molecule has 1 unspecified atom stereocenters. The van der Waals surface area contributed by atoms with Gasteiger partial charge in [0.1, 0.15) is 17.2 Å². The van der Waals surface area contributed by atoms with Gasteiger partial charge in [-0.1, -0.05) is 55.5 Å². The Kier molecular flexibility index (Phi) is 6.69. The molecule has 0 saturated heterocycles. The maximum atomic E-state index is 10.8. The van der Waals surface area contributed by atoms with Crippen LogP contribution < -0.4 is 4.74 Å². The van der Waals surface area contributed by atoms with Gasteiger partial charge >= 0.3 is 0 Å². The molecule has 5 heteroatoms. The zero-order valence-corrected chi connectivity index (χ0v) is 18.3. The van der Waals surface area contributed by atoms with E-state index >= 15 is 0 Å². The average Bonchev–Trinajstić information content (AvgIpc) is 2.82.